The summed E-state index contributed by atoms with van der Waals surface area (Å²) in [6, 6.07) is 0. The van der Waals surface area contributed by atoms with Gasteiger partial charge in [-0.15, -0.1) is 0 Å². The average molecular weight is 532 g/mol. The molecule has 0 aliphatic rings. The Hall–Kier alpha value is 0.160. The van der Waals surface area contributed by atoms with Gasteiger partial charge in [-0.05, 0) is 12.8 Å². The van der Waals surface area contributed by atoms with E-state index in [1.54, 1.807) is 0 Å². The normalized spacial score (nSPS) is 12.2. The number of thioether (sulfide) groups is 1. The molecule has 0 bridgehead atoms. The van der Waals surface area contributed by atoms with Gasteiger partial charge in [-0.25, -0.2) is 0 Å². The van der Waals surface area contributed by atoms with Crippen LogP contribution in [0.2, 0.25) is 0 Å². The molecule has 0 heterocycles. The number of rotatable bonds is 27. The Morgan fingerprint density at radius 2 is 0.914 bits per heavy atom. The van der Waals surface area contributed by atoms with Gasteiger partial charge in [0.15, 0.2) is 0 Å². The van der Waals surface area contributed by atoms with E-state index < -0.39 is 6.10 Å². The zero-order valence-electron chi connectivity index (χ0n) is 23.6. The lowest BCUT2D eigenvalue weighted by molar-refractivity contribution is 0.114. The zero-order valence-corrected chi connectivity index (χ0v) is 25.3. The fourth-order valence-corrected chi connectivity index (χ4v) is 5.73. The SMILES string of the molecule is CCCCCCCCCCCCCN(CCCCCCCCCCCCC)C(=S)SCC(O)CO. The van der Waals surface area contributed by atoms with Crippen molar-refractivity contribution in [3.63, 3.8) is 0 Å². The molecule has 0 saturated heterocycles. The molecular weight excluding hydrogens is 470 g/mol. The average Bonchev–Trinajstić information content (AvgIpc) is 2.87. The van der Waals surface area contributed by atoms with Crippen LogP contribution in [0.5, 0.6) is 0 Å². The van der Waals surface area contributed by atoms with E-state index in [0.717, 1.165) is 17.4 Å². The summed E-state index contributed by atoms with van der Waals surface area (Å²) in [7, 11) is 0. The molecule has 5 heteroatoms. The number of hydrogen-bond donors (Lipinski definition) is 2. The fourth-order valence-electron chi connectivity index (χ4n) is 4.54. The molecule has 0 aromatic carbocycles. The second-order valence-electron chi connectivity index (χ2n) is 10.5. The quantitative estimate of drug-likeness (QED) is 0.0816. The molecule has 35 heavy (non-hydrogen) atoms. The van der Waals surface area contributed by atoms with E-state index in [2.05, 4.69) is 18.7 Å². The maximum absolute atomic E-state index is 9.69. The summed E-state index contributed by atoms with van der Waals surface area (Å²) in [6.45, 7) is 6.45. The van der Waals surface area contributed by atoms with Gasteiger partial charge in [0.05, 0.1) is 12.7 Å². The number of aliphatic hydroxyl groups is 2. The van der Waals surface area contributed by atoms with Crippen molar-refractivity contribution in [3.8, 4) is 0 Å². The number of nitrogens with zero attached hydrogens (tertiary/aromatic N) is 1. The number of thiocarbonyl (C=S) groups is 1. The molecule has 0 rings (SSSR count). The third-order valence-corrected chi connectivity index (χ3v) is 8.60. The first-order valence-corrected chi connectivity index (χ1v) is 16.8. The summed E-state index contributed by atoms with van der Waals surface area (Å²) >= 11 is 7.23. The molecule has 0 aliphatic carbocycles. The molecule has 210 valence electrons. The fraction of sp³-hybridized carbons (Fsp3) is 0.967. The van der Waals surface area contributed by atoms with Crippen molar-refractivity contribution in [1.29, 1.82) is 0 Å². The second-order valence-corrected chi connectivity index (χ2v) is 12.1. The van der Waals surface area contributed by atoms with Crippen LogP contribution in [0.25, 0.3) is 0 Å². The highest BCUT2D eigenvalue weighted by molar-refractivity contribution is 8.22. The van der Waals surface area contributed by atoms with Gasteiger partial charge in [0, 0.05) is 18.8 Å². The third kappa shape index (κ3) is 25.6. The Morgan fingerprint density at radius 3 is 1.23 bits per heavy atom. The Balaban J connectivity index is 3.95. The summed E-state index contributed by atoms with van der Waals surface area (Å²) in [5.41, 5.74) is 0. The summed E-state index contributed by atoms with van der Waals surface area (Å²) in [6.07, 6.45) is 29.3. The van der Waals surface area contributed by atoms with Crippen LogP contribution >= 0.6 is 24.0 Å². The van der Waals surface area contributed by atoms with E-state index >= 15 is 0 Å². The smallest absolute Gasteiger partial charge is 0.136 e. The Morgan fingerprint density at radius 1 is 0.600 bits per heavy atom. The molecule has 1 unspecified atom stereocenters. The van der Waals surface area contributed by atoms with Gasteiger partial charge < -0.3 is 15.1 Å². The third-order valence-electron chi connectivity index (χ3n) is 6.93. The molecule has 0 saturated carbocycles. The van der Waals surface area contributed by atoms with Crippen LogP contribution in [0.4, 0.5) is 0 Å². The molecule has 0 radical (unpaired) electrons. The van der Waals surface area contributed by atoms with Gasteiger partial charge in [-0.3, -0.25) is 0 Å². The second kappa shape index (κ2) is 28.7. The molecule has 0 fully saturated rings. The molecule has 0 aromatic heterocycles. The van der Waals surface area contributed by atoms with Gasteiger partial charge in [-0.1, -0.05) is 166 Å². The molecule has 3 nitrogen and oxygen atoms in total. The van der Waals surface area contributed by atoms with E-state index in [9.17, 15) is 5.11 Å². The Kier molecular flexibility index (Phi) is 28.9. The van der Waals surface area contributed by atoms with E-state index in [4.69, 9.17) is 17.3 Å². The monoisotopic (exact) mass is 531 g/mol. The van der Waals surface area contributed by atoms with Crippen molar-refractivity contribution in [2.45, 2.75) is 161 Å². The van der Waals surface area contributed by atoms with Crippen LogP contribution in [0.15, 0.2) is 0 Å². The first-order chi connectivity index (χ1) is 17.2. The molecule has 1 atom stereocenters. The molecular formula is C30H61NO2S2. The number of unbranched alkanes of at least 4 members (excludes halogenated alkanes) is 20. The lowest BCUT2D eigenvalue weighted by atomic mass is 10.1. The van der Waals surface area contributed by atoms with Crippen molar-refractivity contribution in [2.75, 3.05) is 25.4 Å². The van der Waals surface area contributed by atoms with Crippen molar-refractivity contribution in [2.24, 2.45) is 0 Å². The van der Waals surface area contributed by atoms with Crippen LogP contribution in [0.3, 0.4) is 0 Å². The highest BCUT2D eigenvalue weighted by Gasteiger charge is 2.12. The van der Waals surface area contributed by atoms with E-state index in [1.165, 1.54) is 153 Å². The van der Waals surface area contributed by atoms with Crippen LogP contribution in [-0.4, -0.2) is 51.0 Å². The van der Waals surface area contributed by atoms with Crippen LogP contribution in [0, 0.1) is 0 Å². The van der Waals surface area contributed by atoms with Gasteiger partial charge in [0.25, 0.3) is 0 Å². The minimum absolute atomic E-state index is 0.188. The summed E-state index contributed by atoms with van der Waals surface area (Å²) < 4.78 is 0.900. The number of hydrogen-bond acceptors (Lipinski definition) is 4. The van der Waals surface area contributed by atoms with Gasteiger partial charge >= 0.3 is 0 Å². The highest BCUT2D eigenvalue weighted by Crippen LogP contribution is 2.17. The van der Waals surface area contributed by atoms with Crippen molar-refractivity contribution in [1.82, 2.24) is 4.90 Å². The lowest BCUT2D eigenvalue weighted by Gasteiger charge is -2.25. The Labute approximate surface area is 229 Å². The topological polar surface area (TPSA) is 43.7 Å². The molecule has 0 aromatic rings. The van der Waals surface area contributed by atoms with Crippen molar-refractivity contribution in [3.05, 3.63) is 0 Å². The molecule has 2 N–H and O–H groups in total. The molecule has 0 aliphatic heterocycles. The summed E-state index contributed by atoms with van der Waals surface area (Å²) in [5.74, 6) is 0.488. The van der Waals surface area contributed by atoms with Crippen molar-refractivity contribution < 1.29 is 10.2 Å². The van der Waals surface area contributed by atoms with E-state index in [-0.39, 0.29) is 6.61 Å². The van der Waals surface area contributed by atoms with E-state index in [0.29, 0.717) is 5.75 Å². The minimum atomic E-state index is -0.677. The summed E-state index contributed by atoms with van der Waals surface area (Å²) in [5, 5.41) is 18.8. The first kappa shape index (κ1) is 35.2. The predicted molar refractivity (Wildman–Crippen MR) is 163 cm³/mol. The van der Waals surface area contributed by atoms with E-state index in [1.807, 2.05) is 0 Å². The standard InChI is InChI=1S/C30H61NO2S2/c1-3-5-7-9-11-13-15-17-19-21-23-25-31(30(34)35-28-29(33)27-32)26-24-22-20-18-16-14-12-10-8-6-4-2/h29,32-33H,3-28H2,1-2H3. The van der Waals surface area contributed by atoms with Crippen LogP contribution in [0.1, 0.15) is 155 Å². The molecule has 0 amide bonds. The first-order valence-electron chi connectivity index (χ1n) is 15.4. The number of aliphatic hydroxyl groups excluding tert-OH is 2. The van der Waals surface area contributed by atoms with Gasteiger partial charge in [0.2, 0.25) is 0 Å². The predicted octanol–water partition coefficient (Wildman–Crippen LogP) is 9.28. The zero-order chi connectivity index (χ0) is 25.8. The maximum Gasteiger partial charge on any atom is 0.136 e. The van der Waals surface area contributed by atoms with Crippen LogP contribution < -0.4 is 0 Å². The van der Waals surface area contributed by atoms with Gasteiger partial charge in [0.1, 0.15) is 4.32 Å². The molecule has 0 spiro atoms. The minimum Gasteiger partial charge on any atom is -0.394 e. The maximum atomic E-state index is 9.69. The van der Waals surface area contributed by atoms with Crippen LogP contribution in [-0.2, 0) is 0 Å². The highest BCUT2D eigenvalue weighted by atomic mass is 32.2. The summed E-state index contributed by atoms with van der Waals surface area (Å²) in [4.78, 5) is 2.37. The van der Waals surface area contributed by atoms with Crippen molar-refractivity contribution >= 4 is 28.3 Å². The van der Waals surface area contributed by atoms with Gasteiger partial charge in [-0.2, -0.15) is 0 Å². The largest absolute Gasteiger partial charge is 0.394 e. The Bertz CT molecular complexity index is 411. The lowest BCUT2D eigenvalue weighted by Crippen LogP contribution is -2.31.